The fourth-order valence-electron chi connectivity index (χ4n) is 1.99. The van der Waals surface area contributed by atoms with Gasteiger partial charge in [-0.3, -0.25) is 0 Å². The number of fused-ring (bicyclic) bond motifs is 1. The van der Waals surface area contributed by atoms with Gasteiger partial charge >= 0.3 is 0 Å². The maximum absolute atomic E-state index is 2.34. The van der Waals surface area contributed by atoms with E-state index in [1.54, 1.807) is 11.1 Å². The standard InChI is InChI=1S/C11H14/c1-8-7-10-5-3-4-6-11(10)9(8)2/h3-6,8-9H,7H2,1-2H3/t8-,9?/m1/s1. The lowest BCUT2D eigenvalue weighted by Crippen LogP contribution is -1.97. The van der Waals surface area contributed by atoms with Crippen molar-refractivity contribution in [3.05, 3.63) is 35.4 Å². The van der Waals surface area contributed by atoms with Crippen LogP contribution < -0.4 is 0 Å². The topological polar surface area (TPSA) is 0 Å². The van der Waals surface area contributed by atoms with Gasteiger partial charge in [-0.2, -0.15) is 0 Å². The minimum Gasteiger partial charge on any atom is -0.0620 e. The van der Waals surface area contributed by atoms with E-state index in [2.05, 4.69) is 38.1 Å². The van der Waals surface area contributed by atoms with E-state index in [1.807, 2.05) is 0 Å². The average molecular weight is 146 g/mol. The molecule has 1 aromatic rings. The maximum Gasteiger partial charge on any atom is -0.0159 e. The molecule has 2 rings (SSSR count). The van der Waals surface area contributed by atoms with Crippen LogP contribution in [-0.2, 0) is 6.42 Å². The van der Waals surface area contributed by atoms with E-state index in [1.165, 1.54) is 6.42 Å². The molecule has 0 bridgehead atoms. The monoisotopic (exact) mass is 146 g/mol. The summed E-state index contributed by atoms with van der Waals surface area (Å²) in [7, 11) is 0. The first-order valence-corrected chi connectivity index (χ1v) is 4.37. The Morgan fingerprint density at radius 3 is 2.64 bits per heavy atom. The fourth-order valence-corrected chi connectivity index (χ4v) is 1.99. The highest BCUT2D eigenvalue weighted by Gasteiger charge is 2.24. The van der Waals surface area contributed by atoms with Crippen LogP contribution >= 0.6 is 0 Å². The minimum absolute atomic E-state index is 0.770. The van der Waals surface area contributed by atoms with Gasteiger partial charge in [0.15, 0.2) is 0 Å². The van der Waals surface area contributed by atoms with Gasteiger partial charge in [0.1, 0.15) is 0 Å². The second-order valence-electron chi connectivity index (χ2n) is 3.67. The smallest absolute Gasteiger partial charge is 0.0159 e. The summed E-state index contributed by atoms with van der Waals surface area (Å²) >= 11 is 0. The zero-order valence-electron chi connectivity index (χ0n) is 7.17. The minimum atomic E-state index is 0.770. The molecule has 0 saturated carbocycles. The Hall–Kier alpha value is -0.780. The van der Waals surface area contributed by atoms with Crippen molar-refractivity contribution in [3.63, 3.8) is 0 Å². The van der Waals surface area contributed by atoms with Crippen LogP contribution in [0.4, 0.5) is 0 Å². The lowest BCUT2D eigenvalue weighted by molar-refractivity contribution is 0.532. The second-order valence-corrected chi connectivity index (χ2v) is 3.67. The highest BCUT2D eigenvalue weighted by atomic mass is 14.3. The Morgan fingerprint density at radius 2 is 1.91 bits per heavy atom. The first-order valence-electron chi connectivity index (χ1n) is 4.37. The molecular weight excluding hydrogens is 132 g/mol. The van der Waals surface area contributed by atoms with Gasteiger partial charge in [0.05, 0.1) is 0 Å². The molecule has 0 radical (unpaired) electrons. The fraction of sp³-hybridized carbons (Fsp3) is 0.455. The van der Waals surface area contributed by atoms with Crippen molar-refractivity contribution in [2.75, 3.05) is 0 Å². The molecular formula is C11H14. The molecule has 0 spiro atoms. The first kappa shape index (κ1) is 6.90. The molecule has 0 N–H and O–H groups in total. The van der Waals surface area contributed by atoms with E-state index in [4.69, 9.17) is 0 Å². The molecule has 0 heterocycles. The van der Waals surface area contributed by atoms with Gasteiger partial charge in [0.25, 0.3) is 0 Å². The van der Waals surface area contributed by atoms with Gasteiger partial charge in [-0.15, -0.1) is 0 Å². The highest BCUT2D eigenvalue weighted by molar-refractivity contribution is 5.35. The molecule has 1 aliphatic carbocycles. The van der Waals surface area contributed by atoms with Crippen LogP contribution in [0.3, 0.4) is 0 Å². The number of hydrogen-bond acceptors (Lipinski definition) is 0. The second kappa shape index (κ2) is 2.37. The van der Waals surface area contributed by atoms with Crippen LogP contribution in [0.2, 0.25) is 0 Å². The third-order valence-corrected chi connectivity index (χ3v) is 2.94. The summed E-state index contributed by atoms with van der Waals surface area (Å²) in [4.78, 5) is 0. The summed E-state index contributed by atoms with van der Waals surface area (Å²) in [6.07, 6.45) is 1.28. The average Bonchev–Trinajstić information content (AvgIpc) is 2.30. The summed E-state index contributed by atoms with van der Waals surface area (Å²) in [6.45, 7) is 4.67. The first-order chi connectivity index (χ1) is 5.29. The molecule has 1 aromatic carbocycles. The lowest BCUT2D eigenvalue weighted by Gasteiger charge is -2.08. The summed E-state index contributed by atoms with van der Waals surface area (Å²) in [5.41, 5.74) is 3.13. The van der Waals surface area contributed by atoms with Crippen molar-refractivity contribution in [2.45, 2.75) is 26.2 Å². The van der Waals surface area contributed by atoms with Gasteiger partial charge < -0.3 is 0 Å². The van der Waals surface area contributed by atoms with E-state index < -0.39 is 0 Å². The predicted molar refractivity (Wildman–Crippen MR) is 47.7 cm³/mol. The molecule has 0 heteroatoms. The van der Waals surface area contributed by atoms with Crippen LogP contribution in [0.1, 0.15) is 30.9 Å². The van der Waals surface area contributed by atoms with Gasteiger partial charge in [-0.1, -0.05) is 38.1 Å². The summed E-state index contributed by atoms with van der Waals surface area (Å²) in [5.74, 6) is 1.61. The molecule has 0 aromatic heterocycles. The van der Waals surface area contributed by atoms with Crippen molar-refractivity contribution in [3.8, 4) is 0 Å². The van der Waals surface area contributed by atoms with Crippen LogP contribution in [0, 0.1) is 5.92 Å². The van der Waals surface area contributed by atoms with Crippen LogP contribution in [-0.4, -0.2) is 0 Å². The van der Waals surface area contributed by atoms with Gasteiger partial charge in [-0.05, 0) is 29.4 Å². The number of hydrogen-bond donors (Lipinski definition) is 0. The van der Waals surface area contributed by atoms with Crippen molar-refractivity contribution in [1.82, 2.24) is 0 Å². The van der Waals surface area contributed by atoms with Crippen molar-refractivity contribution in [2.24, 2.45) is 5.92 Å². The Kier molecular flexibility index (Phi) is 1.49. The largest absolute Gasteiger partial charge is 0.0620 e. The zero-order chi connectivity index (χ0) is 7.84. The maximum atomic E-state index is 2.34. The molecule has 0 amide bonds. The molecule has 0 nitrogen and oxygen atoms in total. The number of benzene rings is 1. The molecule has 0 aliphatic heterocycles. The SMILES string of the molecule is CC1c2ccccc2C[C@H]1C. The van der Waals surface area contributed by atoms with E-state index in [0.29, 0.717) is 0 Å². The van der Waals surface area contributed by atoms with E-state index in [-0.39, 0.29) is 0 Å². The third-order valence-electron chi connectivity index (χ3n) is 2.94. The Morgan fingerprint density at radius 1 is 1.18 bits per heavy atom. The molecule has 1 aliphatic rings. The summed E-state index contributed by atoms with van der Waals surface area (Å²) < 4.78 is 0. The molecule has 0 saturated heterocycles. The van der Waals surface area contributed by atoms with Crippen molar-refractivity contribution >= 4 is 0 Å². The Bertz CT molecular complexity index is 262. The van der Waals surface area contributed by atoms with Crippen LogP contribution in [0.25, 0.3) is 0 Å². The van der Waals surface area contributed by atoms with E-state index in [9.17, 15) is 0 Å². The van der Waals surface area contributed by atoms with Gasteiger partial charge in [-0.25, -0.2) is 0 Å². The summed E-state index contributed by atoms with van der Waals surface area (Å²) in [5, 5.41) is 0. The molecule has 11 heavy (non-hydrogen) atoms. The zero-order valence-corrected chi connectivity index (χ0v) is 7.17. The Balaban J connectivity index is 2.47. The Labute approximate surface area is 68.3 Å². The molecule has 58 valence electrons. The van der Waals surface area contributed by atoms with Crippen LogP contribution in [0.15, 0.2) is 24.3 Å². The van der Waals surface area contributed by atoms with Crippen molar-refractivity contribution < 1.29 is 0 Å². The summed E-state index contributed by atoms with van der Waals surface area (Å²) in [6, 6.07) is 8.82. The van der Waals surface area contributed by atoms with Gasteiger partial charge in [0.2, 0.25) is 0 Å². The quantitative estimate of drug-likeness (QED) is 0.528. The molecule has 0 fully saturated rings. The van der Waals surface area contributed by atoms with Gasteiger partial charge in [0, 0.05) is 0 Å². The predicted octanol–water partition coefficient (Wildman–Crippen LogP) is 2.98. The third kappa shape index (κ3) is 0.973. The molecule has 2 atom stereocenters. The molecule has 1 unspecified atom stereocenters. The van der Waals surface area contributed by atoms with E-state index in [0.717, 1.165) is 11.8 Å². The highest BCUT2D eigenvalue weighted by Crippen LogP contribution is 2.36. The number of rotatable bonds is 0. The lowest BCUT2D eigenvalue weighted by atomic mass is 9.97. The van der Waals surface area contributed by atoms with Crippen molar-refractivity contribution in [1.29, 1.82) is 0 Å². The van der Waals surface area contributed by atoms with Crippen LogP contribution in [0.5, 0.6) is 0 Å². The normalized spacial score (nSPS) is 28.5. The van der Waals surface area contributed by atoms with E-state index >= 15 is 0 Å².